The molecular formula is C13H15F3N4. The van der Waals surface area contributed by atoms with Crippen molar-refractivity contribution in [2.75, 3.05) is 0 Å². The van der Waals surface area contributed by atoms with E-state index >= 15 is 0 Å². The smallest absolute Gasteiger partial charge is 0.271 e. The van der Waals surface area contributed by atoms with Crippen LogP contribution in [0.25, 0.3) is 0 Å². The molecule has 0 aliphatic heterocycles. The molecule has 0 spiro atoms. The Hall–Kier alpha value is -1.86. The first-order valence-electron chi connectivity index (χ1n) is 6.02. The van der Waals surface area contributed by atoms with Crippen molar-refractivity contribution in [3.05, 3.63) is 53.3 Å². The van der Waals surface area contributed by atoms with Gasteiger partial charge in [-0.25, -0.2) is 0 Å². The largest absolute Gasteiger partial charge is 0.416 e. The van der Waals surface area contributed by atoms with Gasteiger partial charge in [-0.1, -0.05) is 12.1 Å². The van der Waals surface area contributed by atoms with Gasteiger partial charge in [-0.2, -0.15) is 18.3 Å². The number of benzene rings is 1. The Morgan fingerprint density at radius 1 is 1.25 bits per heavy atom. The molecule has 20 heavy (non-hydrogen) atoms. The fourth-order valence-corrected chi connectivity index (χ4v) is 2.04. The van der Waals surface area contributed by atoms with E-state index in [1.54, 1.807) is 17.9 Å². The minimum Gasteiger partial charge on any atom is -0.271 e. The zero-order chi connectivity index (χ0) is 14.8. The lowest BCUT2D eigenvalue weighted by Crippen LogP contribution is -2.31. The molecule has 1 unspecified atom stereocenters. The van der Waals surface area contributed by atoms with E-state index in [4.69, 9.17) is 5.84 Å². The highest BCUT2D eigenvalue weighted by atomic mass is 19.4. The molecule has 1 aromatic heterocycles. The minimum atomic E-state index is -4.31. The third-order valence-electron chi connectivity index (χ3n) is 3.14. The van der Waals surface area contributed by atoms with Crippen LogP contribution in [0.15, 0.2) is 36.5 Å². The highest BCUT2D eigenvalue weighted by Gasteiger charge is 2.30. The molecule has 0 radical (unpaired) electrons. The van der Waals surface area contributed by atoms with Crippen molar-refractivity contribution in [3.63, 3.8) is 0 Å². The van der Waals surface area contributed by atoms with Crippen molar-refractivity contribution < 1.29 is 13.2 Å². The van der Waals surface area contributed by atoms with Gasteiger partial charge in [0.25, 0.3) is 0 Å². The normalized spacial score (nSPS) is 13.4. The summed E-state index contributed by atoms with van der Waals surface area (Å²) in [5.74, 6) is 5.51. The molecule has 2 rings (SSSR count). The Kier molecular flexibility index (Phi) is 4.10. The maximum absolute atomic E-state index is 12.5. The molecule has 0 saturated carbocycles. The van der Waals surface area contributed by atoms with Crippen molar-refractivity contribution in [1.29, 1.82) is 0 Å². The Morgan fingerprint density at radius 2 is 1.90 bits per heavy atom. The number of nitrogens with zero attached hydrogens (tertiary/aromatic N) is 2. The molecule has 7 heteroatoms. The van der Waals surface area contributed by atoms with Crippen LogP contribution in [0, 0.1) is 0 Å². The maximum Gasteiger partial charge on any atom is 0.416 e. The van der Waals surface area contributed by atoms with E-state index in [1.807, 2.05) is 6.07 Å². The van der Waals surface area contributed by atoms with Gasteiger partial charge in [-0.05, 0) is 30.2 Å². The molecule has 0 aliphatic carbocycles. The molecule has 1 aromatic carbocycles. The molecule has 0 fully saturated rings. The molecule has 3 N–H and O–H groups in total. The van der Waals surface area contributed by atoms with Gasteiger partial charge in [-0.3, -0.25) is 16.0 Å². The van der Waals surface area contributed by atoms with Crippen LogP contribution in [0.3, 0.4) is 0 Å². The number of hydrogen-bond donors (Lipinski definition) is 2. The number of nitrogens with one attached hydrogen (secondary N) is 1. The second kappa shape index (κ2) is 5.64. The van der Waals surface area contributed by atoms with E-state index in [1.165, 1.54) is 12.1 Å². The lowest BCUT2D eigenvalue weighted by molar-refractivity contribution is -0.137. The number of aromatic nitrogens is 2. The Bertz CT molecular complexity index is 560. The number of hydrogen-bond acceptors (Lipinski definition) is 3. The molecule has 4 nitrogen and oxygen atoms in total. The van der Waals surface area contributed by atoms with Crippen LogP contribution in [0.4, 0.5) is 13.2 Å². The first kappa shape index (κ1) is 14.5. The van der Waals surface area contributed by atoms with Gasteiger partial charge in [0.2, 0.25) is 0 Å². The Labute approximate surface area is 114 Å². The summed E-state index contributed by atoms with van der Waals surface area (Å²) in [5.41, 5.74) is 3.64. The summed E-state index contributed by atoms with van der Waals surface area (Å²) < 4.78 is 39.1. The number of aryl methyl sites for hydroxylation is 1. The second-order valence-electron chi connectivity index (χ2n) is 4.50. The lowest BCUT2D eigenvalue weighted by atomic mass is 10.0. The molecule has 0 aliphatic rings. The van der Waals surface area contributed by atoms with Crippen LogP contribution in [0.2, 0.25) is 0 Å². The van der Waals surface area contributed by atoms with Crippen LogP contribution in [-0.2, 0) is 19.6 Å². The summed E-state index contributed by atoms with van der Waals surface area (Å²) in [6.45, 7) is 0. The van der Waals surface area contributed by atoms with Crippen LogP contribution >= 0.6 is 0 Å². The zero-order valence-electron chi connectivity index (χ0n) is 10.9. The molecule has 108 valence electrons. The predicted molar refractivity (Wildman–Crippen MR) is 68.4 cm³/mol. The summed E-state index contributed by atoms with van der Waals surface area (Å²) in [5, 5.41) is 4.05. The fraction of sp³-hybridized carbons (Fsp3) is 0.308. The summed E-state index contributed by atoms with van der Waals surface area (Å²) in [4.78, 5) is 0. The van der Waals surface area contributed by atoms with Gasteiger partial charge in [0.1, 0.15) is 0 Å². The van der Waals surface area contributed by atoms with E-state index < -0.39 is 11.7 Å². The topological polar surface area (TPSA) is 55.9 Å². The SMILES string of the molecule is Cn1nccc1C(Cc1ccc(C(F)(F)F)cc1)NN. The van der Waals surface area contributed by atoms with Crippen LogP contribution in [0.1, 0.15) is 22.9 Å². The second-order valence-corrected chi connectivity index (χ2v) is 4.50. The Morgan fingerprint density at radius 3 is 2.35 bits per heavy atom. The number of nitrogens with two attached hydrogens (primary N) is 1. The van der Waals surface area contributed by atoms with Crippen molar-refractivity contribution in [3.8, 4) is 0 Å². The number of halogens is 3. The molecule has 0 amide bonds. The van der Waals surface area contributed by atoms with Gasteiger partial charge in [0.15, 0.2) is 0 Å². The average Bonchev–Trinajstić information content (AvgIpc) is 2.82. The molecule has 1 heterocycles. The summed E-state index contributed by atoms with van der Waals surface area (Å²) in [6.07, 6.45) is -2.19. The Balaban J connectivity index is 2.15. The zero-order valence-corrected chi connectivity index (χ0v) is 10.9. The van der Waals surface area contributed by atoms with Gasteiger partial charge in [-0.15, -0.1) is 0 Å². The standard InChI is InChI=1S/C13H15F3N4/c1-20-12(6-7-18-20)11(19-17)8-9-2-4-10(5-3-9)13(14,15)16/h2-7,11,19H,8,17H2,1H3. The van der Waals surface area contributed by atoms with Crippen molar-refractivity contribution >= 4 is 0 Å². The summed E-state index contributed by atoms with van der Waals surface area (Å²) in [6, 6.07) is 6.68. The number of hydrazine groups is 1. The van der Waals surface area contributed by atoms with Gasteiger partial charge in [0.05, 0.1) is 17.3 Å². The third kappa shape index (κ3) is 3.17. The monoisotopic (exact) mass is 284 g/mol. The van der Waals surface area contributed by atoms with Gasteiger partial charge in [0, 0.05) is 13.2 Å². The van der Waals surface area contributed by atoms with E-state index in [9.17, 15) is 13.2 Å². The van der Waals surface area contributed by atoms with Crippen LogP contribution < -0.4 is 11.3 Å². The first-order valence-corrected chi connectivity index (χ1v) is 6.02. The van der Waals surface area contributed by atoms with Crippen LogP contribution in [0.5, 0.6) is 0 Å². The molecule has 2 aromatic rings. The number of alkyl halides is 3. The van der Waals surface area contributed by atoms with Gasteiger partial charge >= 0.3 is 6.18 Å². The summed E-state index contributed by atoms with van der Waals surface area (Å²) >= 11 is 0. The fourth-order valence-electron chi connectivity index (χ4n) is 2.04. The third-order valence-corrected chi connectivity index (χ3v) is 3.14. The molecule has 1 atom stereocenters. The minimum absolute atomic E-state index is 0.209. The molecular weight excluding hydrogens is 269 g/mol. The summed E-state index contributed by atoms with van der Waals surface area (Å²) in [7, 11) is 1.78. The lowest BCUT2D eigenvalue weighted by Gasteiger charge is -2.16. The van der Waals surface area contributed by atoms with Crippen molar-refractivity contribution in [1.82, 2.24) is 15.2 Å². The molecule has 0 saturated heterocycles. The highest BCUT2D eigenvalue weighted by Crippen LogP contribution is 2.29. The maximum atomic E-state index is 12.5. The van der Waals surface area contributed by atoms with E-state index in [-0.39, 0.29) is 6.04 Å². The molecule has 0 bridgehead atoms. The highest BCUT2D eigenvalue weighted by molar-refractivity contribution is 5.26. The van der Waals surface area contributed by atoms with Gasteiger partial charge < -0.3 is 0 Å². The van der Waals surface area contributed by atoms with E-state index in [2.05, 4.69) is 10.5 Å². The van der Waals surface area contributed by atoms with Crippen molar-refractivity contribution in [2.24, 2.45) is 12.9 Å². The van der Waals surface area contributed by atoms with E-state index in [0.717, 1.165) is 23.4 Å². The quantitative estimate of drug-likeness (QED) is 0.668. The average molecular weight is 284 g/mol. The predicted octanol–water partition coefficient (Wildman–Crippen LogP) is 2.19. The first-order chi connectivity index (χ1) is 9.41. The number of rotatable bonds is 4. The van der Waals surface area contributed by atoms with Crippen LogP contribution in [-0.4, -0.2) is 9.78 Å². The van der Waals surface area contributed by atoms with E-state index in [0.29, 0.717) is 6.42 Å². The van der Waals surface area contributed by atoms with Crippen molar-refractivity contribution in [2.45, 2.75) is 18.6 Å².